The Morgan fingerprint density at radius 3 is 2.32 bits per heavy atom. The number of carboxylic acid groups (broad SMARTS) is 1. The van der Waals surface area contributed by atoms with Crippen LogP contribution in [0.5, 0.6) is 0 Å². The fourth-order valence-corrected chi connectivity index (χ4v) is 4.34. The molecule has 1 aromatic carbocycles. The maximum absolute atomic E-state index is 13.2. The van der Waals surface area contributed by atoms with Gasteiger partial charge in [0.15, 0.2) is 0 Å². The highest BCUT2D eigenvalue weighted by atomic mass is 19.4. The van der Waals surface area contributed by atoms with Gasteiger partial charge in [-0.1, -0.05) is 0 Å². The summed E-state index contributed by atoms with van der Waals surface area (Å²) in [6.45, 7) is 5.21. The number of aryl methyl sites for hydroxylation is 1. The van der Waals surface area contributed by atoms with Gasteiger partial charge in [0.2, 0.25) is 0 Å². The van der Waals surface area contributed by atoms with E-state index in [-0.39, 0.29) is 11.7 Å². The van der Waals surface area contributed by atoms with Crippen molar-refractivity contribution in [1.29, 1.82) is 0 Å². The van der Waals surface area contributed by atoms with Gasteiger partial charge in [0.1, 0.15) is 5.82 Å². The fourth-order valence-electron chi connectivity index (χ4n) is 4.34. The fraction of sp³-hybridized carbons (Fsp3) is 0.619. The first-order valence-electron chi connectivity index (χ1n) is 9.93. The average molecular weight is 448 g/mol. The highest BCUT2D eigenvalue weighted by molar-refractivity contribution is 5.95. The highest BCUT2D eigenvalue weighted by Crippen LogP contribution is 2.43. The maximum Gasteiger partial charge on any atom is 0.490 e. The summed E-state index contributed by atoms with van der Waals surface area (Å²) in [6, 6.07) is 4.89. The largest absolute Gasteiger partial charge is 0.490 e. The minimum atomic E-state index is -5.08. The lowest BCUT2D eigenvalue weighted by Crippen LogP contribution is -2.44. The number of benzene rings is 1. The van der Waals surface area contributed by atoms with Crippen molar-refractivity contribution in [3.8, 4) is 0 Å². The van der Waals surface area contributed by atoms with Crippen molar-refractivity contribution in [1.82, 2.24) is 9.80 Å². The molecule has 3 rings (SSSR count). The van der Waals surface area contributed by atoms with Gasteiger partial charge in [0, 0.05) is 38.3 Å². The lowest BCUT2D eigenvalue weighted by atomic mass is 9.76. The molecule has 1 atom stereocenters. The Kier molecular flexibility index (Phi) is 8.04. The van der Waals surface area contributed by atoms with Crippen molar-refractivity contribution in [3.05, 3.63) is 35.1 Å². The third-order valence-corrected chi connectivity index (χ3v) is 6.01. The summed E-state index contributed by atoms with van der Waals surface area (Å²) in [7, 11) is 3.92. The number of rotatable bonds is 3. The molecule has 2 aliphatic heterocycles. The van der Waals surface area contributed by atoms with Gasteiger partial charge in [-0.15, -0.1) is 0 Å². The van der Waals surface area contributed by atoms with Crippen LogP contribution < -0.4 is 0 Å². The number of nitrogens with zero attached hydrogens (tertiary/aromatic N) is 2. The van der Waals surface area contributed by atoms with E-state index >= 15 is 0 Å². The lowest BCUT2D eigenvalue weighted by Gasteiger charge is -2.39. The number of ether oxygens (including phenoxy) is 1. The number of likely N-dealkylation sites (N-methyl/N-ethyl adjacent to an activating group) is 1. The van der Waals surface area contributed by atoms with Crippen molar-refractivity contribution < 1.29 is 37.0 Å². The second kappa shape index (κ2) is 9.95. The van der Waals surface area contributed by atoms with Gasteiger partial charge >= 0.3 is 12.1 Å². The first-order chi connectivity index (χ1) is 14.4. The molecule has 2 fully saturated rings. The van der Waals surface area contributed by atoms with Crippen molar-refractivity contribution in [2.24, 2.45) is 5.41 Å². The Morgan fingerprint density at radius 1 is 1.26 bits per heavy atom. The Labute approximate surface area is 178 Å². The molecule has 0 saturated carbocycles. The summed E-state index contributed by atoms with van der Waals surface area (Å²) < 4.78 is 50.3. The third-order valence-electron chi connectivity index (χ3n) is 6.01. The molecule has 2 saturated heterocycles. The third kappa shape index (κ3) is 6.39. The number of methoxy groups -OCH3 is 1. The number of carbonyl (C=O) groups is 2. The molecule has 0 bridgehead atoms. The second-order valence-electron chi connectivity index (χ2n) is 8.28. The van der Waals surface area contributed by atoms with E-state index in [0.29, 0.717) is 22.6 Å². The minimum Gasteiger partial charge on any atom is -0.475 e. The molecular formula is C21H28F4N2O4. The van der Waals surface area contributed by atoms with Crippen LogP contribution in [0.2, 0.25) is 0 Å². The van der Waals surface area contributed by atoms with Gasteiger partial charge in [-0.2, -0.15) is 13.2 Å². The molecule has 1 amide bonds. The van der Waals surface area contributed by atoms with E-state index in [4.69, 9.17) is 14.6 Å². The summed E-state index contributed by atoms with van der Waals surface area (Å²) in [6.07, 6.45) is -1.87. The number of piperidine rings is 1. The van der Waals surface area contributed by atoms with E-state index in [9.17, 15) is 22.4 Å². The zero-order chi connectivity index (χ0) is 23.4. The number of carbonyl (C=O) groups excluding carboxylic acids is 1. The maximum atomic E-state index is 13.2. The van der Waals surface area contributed by atoms with Crippen LogP contribution in [-0.4, -0.2) is 79.4 Å². The summed E-state index contributed by atoms with van der Waals surface area (Å²) in [5.74, 6) is -3.02. The zero-order valence-electron chi connectivity index (χ0n) is 17.8. The number of likely N-dealkylation sites (tertiary alicyclic amines) is 2. The Bertz CT molecular complexity index is 792. The predicted octanol–water partition coefficient (Wildman–Crippen LogP) is 3.34. The molecule has 0 radical (unpaired) electrons. The van der Waals surface area contributed by atoms with E-state index in [2.05, 4.69) is 11.9 Å². The van der Waals surface area contributed by atoms with Crippen LogP contribution >= 0.6 is 0 Å². The van der Waals surface area contributed by atoms with Gasteiger partial charge in [-0.05, 0) is 62.4 Å². The summed E-state index contributed by atoms with van der Waals surface area (Å²) >= 11 is 0. The highest BCUT2D eigenvalue weighted by Gasteiger charge is 2.44. The standard InChI is InChI=1S/C19H27FN2O2.C2HF3O2/c1-14-10-15(20)4-5-17(14)18(23)22-8-6-19(7-9-22)11-16(12-24-3)21(2)13-19;3-2(4,5)1(6)7/h4-5,10,16H,6-9,11-13H2,1-3H3;(H,6,7). The molecule has 2 aliphatic rings. The normalized spacial score (nSPS) is 21.0. The molecule has 174 valence electrons. The monoisotopic (exact) mass is 448 g/mol. The lowest BCUT2D eigenvalue weighted by molar-refractivity contribution is -0.192. The van der Waals surface area contributed by atoms with Crippen LogP contribution in [0.3, 0.4) is 0 Å². The van der Waals surface area contributed by atoms with Gasteiger partial charge in [0.05, 0.1) is 6.61 Å². The van der Waals surface area contributed by atoms with Crippen molar-refractivity contribution >= 4 is 11.9 Å². The first-order valence-corrected chi connectivity index (χ1v) is 9.93. The summed E-state index contributed by atoms with van der Waals surface area (Å²) in [5.41, 5.74) is 1.64. The zero-order valence-corrected chi connectivity index (χ0v) is 17.8. The molecule has 0 aromatic heterocycles. The number of alkyl halides is 3. The van der Waals surface area contributed by atoms with E-state index in [0.717, 1.165) is 45.5 Å². The molecular weight excluding hydrogens is 420 g/mol. The van der Waals surface area contributed by atoms with Crippen LogP contribution in [0.1, 0.15) is 35.2 Å². The quantitative estimate of drug-likeness (QED) is 0.719. The number of halogens is 4. The molecule has 10 heteroatoms. The molecule has 1 unspecified atom stereocenters. The Hall–Kier alpha value is -2.20. The predicted molar refractivity (Wildman–Crippen MR) is 105 cm³/mol. The van der Waals surface area contributed by atoms with Crippen LogP contribution in [0.15, 0.2) is 18.2 Å². The summed E-state index contributed by atoms with van der Waals surface area (Å²) in [4.78, 5) is 26.0. The molecule has 2 heterocycles. The number of amides is 1. The van der Waals surface area contributed by atoms with Gasteiger partial charge < -0.3 is 19.6 Å². The van der Waals surface area contributed by atoms with E-state index in [1.54, 1.807) is 20.1 Å². The molecule has 1 aromatic rings. The Morgan fingerprint density at radius 2 is 1.84 bits per heavy atom. The van der Waals surface area contributed by atoms with Gasteiger partial charge in [-0.25, -0.2) is 9.18 Å². The Balaban J connectivity index is 0.000000423. The van der Waals surface area contributed by atoms with Crippen LogP contribution in [-0.2, 0) is 9.53 Å². The van der Waals surface area contributed by atoms with Crippen LogP contribution in [0, 0.1) is 18.2 Å². The van der Waals surface area contributed by atoms with Crippen molar-refractivity contribution in [2.45, 2.75) is 38.4 Å². The van der Waals surface area contributed by atoms with Crippen LogP contribution in [0.25, 0.3) is 0 Å². The van der Waals surface area contributed by atoms with Gasteiger partial charge in [0.25, 0.3) is 5.91 Å². The molecule has 31 heavy (non-hydrogen) atoms. The number of hydrogen-bond acceptors (Lipinski definition) is 4. The first kappa shape index (κ1) is 25.1. The minimum absolute atomic E-state index is 0.0298. The topological polar surface area (TPSA) is 70.1 Å². The average Bonchev–Trinajstić information content (AvgIpc) is 2.97. The molecule has 0 aliphatic carbocycles. The van der Waals surface area contributed by atoms with E-state index < -0.39 is 12.1 Å². The van der Waals surface area contributed by atoms with Crippen molar-refractivity contribution in [2.75, 3.05) is 40.4 Å². The second-order valence-corrected chi connectivity index (χ2v) is 8.28. The van der Waals surface area contributed by atoms with E-state index in [1.165, 1.54) is 12.1 Å². The van der Waals surface area contributed by atoms with Crippen LogP contribution in [0.4, 0.5) is 17.6 Å². The summed E-state index contributed by atoms with van der Waals surface area (Å²) in [5, 5.41) is 7.12. The molecule has 1 spiro atoms. The number of hydrogen-bond donors (Lipinski definition) is 1. The van der Waals surface area contributed by atoms with Gasteiger partial charge in [-0.3, -0.25) is 4.79 Å². The van der Waals surface area contributed by atoms with E-state index in [1.807, 2.05) is 4.90 Å². The smallest absolute Gasteiger partial charge is 0.475 e. The SMILES string of the molecule is COCC1CC2(CCN(C(=O)c3ccc(F)cc3C)CC2)CN1C.O=C(O)C(F)(F)F. The van der Waals surface area contributed by atoms with Crippen molar-refractivity contribution in [3.63, 3.8) is 0 Å². The number of carboxylic acids is 1. The molecule has 1 N–H and O–H groups in total. The molecule has 6 nitrogen and oxygen atoms in total. The number of aliphatic carboxylic acids is 1.